The molecule has 1 aromatic rings. The lowest BCUT2D eigenvalue weighted by Gasteiger charge is -2.14. The number of alkyl halides is 3. The molecule has 0 saturated carbocycles. The van der Waals surface area contributed by atoms with Crippen LogP contribution in [-0.4, -0.2) is 30.8 Å². The molecule has 1 atom stereocenters. The van der Waals surface area contributed by atoms with E-state index in [9.17, 15) is 22.8 Å². The first-order valence-electron chi connectivity index (χ1n) is 6.95. The summed E-state index contributed by atoms with van der Waals surface area (Å²) in [5.74, 6) is -2.06. The summed E-state index contributed by atoms with van der Waals surface area (Å²) in [5, 5.41) is 0. The fourth-order valence-corrected chi connectivity index (χ4v) is 1.56. The highest BCUT2D eigenvalue weighted by atomic mass is 19.4. The number of carbonyl (C=O) groups is 2. The fourth-order valence-electron chi connectivity index (χ4n) is 1.56. The maximum Gasteiger partial charge on any atom is 0.425 e. The summed E-state index contributed by atoms with van der Waals surface area (Å²) in [4.78, 5) is 22.4. The summed E-state index contributed by atoms with van der Waals surface area (Å²) in [6, 6.07) is 9.58. The van der Waals surface area contributed by atoms with Crippen molar-refractivity contribution in [2.24, 2.45) is 0 Å². The molecule has 1 rings (SSSR count). The van der Waals surface area contributed by atoms with Gasteiger partial charge in [-0.1, -0.05) is 30.3 Å². The van der Waals surface area contributed by atoms with Gasteiger partial charge in [0.15, 0.2) is 6.10 Å². The highest BCUT2D eigenvalue weighted by molar-refractivity contribution is 5.91. The van der Waals surface area contributed by atoms with E-state index in [0.717, 1.165) is 18.1 Å². The molecule has 23 heavy (non-hydrogen) atoms. The molecule has 1 aromatic carbocycles. The number of esters is 2. The van der Waals surface area contributed by atoms with Crippen molar-refractivity contribution in [3.63, 3.8) is 0 Å². The number of halogens is 3. The molecule has 0 N–H and O–H groups in total. The van der Waals surface area contributed by atoms with Crippen LogP contribution in [0.4, 0.5) is 13.2 Å². The third kappa shape index (κ3) is 8.04. The van der Waals surface area contributed by atoms with Gasteiger partial charge in [0.2, 0.25) is 0 Å². The van der Waals surface area contributed by atoms with Crippen LogP contribution in [0.1, 0.15) is 18.9 Å². The number of aryl methyl sites for hydroxylation is 1. The minimum atomic E-state index is -4.64. The number of benzene rings is 1. The van der Waals surface area contributed by atoms with Crippen molar-refractivity contribution in [3.8, 4) is 0 Å². The Labute approximate surface area is 131 Å². The Morgan fingerprint density at radius 2 is 1.74 bits per heavy atom. The first-order chi connectivity index (χ1) is 10.8. The summed E-state index contributed by atoms with van der Waals surface area (Å²) in [5.41, 5.74) is 1.10. The summed E-state index contributed by atoms with van der Waals surface area (Å²) in [6.45, 7) is 0.847. The van der Waals surface area contributed by atoms with Crippen molar-refractivity contribution in [1.29, 1.82) is 0 Å². The van der Waals surface area contributed by atoms with Crippen LogP contribution in [-0.2, 0) is 25.5 Å². The van der Waals surface area contributed by atoms with E-state index in [1.807, 2.05) is 30.3 Å². The maximum absolute atomic E-state index is 12.2. The van der Waals surface area contributed by atoms with E-state index in [0.29, 0.717) is 19.4 Å². The normalized spacial score (nSPS) is 12.9. The average molecular weight is 330 g/mol. The molecule has 0 aromatic heterocycles. The number of ether oxygens (including phenoxy) is 2. The fraction of sp³-hybridized carbons (Fsp3) is 0.375. The predicted molar refractivity (Wildman–Crippen MR) is 76.5 cm³/mol. The Hall–Kier alpha value is -2.31. The lowest BCUT2D eigenvalue weighted by molar-refractivity contribution is -0.213. The van der Waals surface area contributed by atoms with E-state index in [4.69, 9.17) is 4.74 Å². The molecule has 0 bridgehead atoms. The largest absolute Gasteiger partial charge is 0.463 e. The van der Waals surface area contributed by atoms with E-state index >= 15 is 0 Å². The molecule has 7 heteroatoms. The van der Waals surface area contributed by atoms with Gasteiger partial charge in [0, 0.05) is 12.2 Å². The topological polar surface area (TPSA) is 52.6 Å². The molecule has 0 aliphatic heterocycles. The molecule has 0 amide bonds. The number of hydrogen-bond acceptors (Lipinski definition) is 4. The molecule has 0 aliphatic carbocycles. The van der Waals surface area contributed by atoms with Crippen LogP contribution in [0.2, 0.25) is 0 Å². The third-order valence-electron chi connectivity index (χ3n) is 2.81. The molecular formula is C16H17F3O4. The maximum atomic E-state index is 12.2. The SMILES string of the molecule is CC(OC(=O)/C=C/C(=O)OCCCc1ccccc1)C(F)(F)F. The molecule has 4 nitrogen and oxygen atoms in total. The van der Waals surface area contributed by atoms with E-state index in [1.165, 1.54) is 0 Å². The van der Waals surface area contributed by atoms with Gasteiger partial charge in [-0.15, -0.1) is 0 Å². The predicted octanol–water partition coefficient (Wildman–Crippen LogP) is 3.21. The molecule has 0 saturated heterocycles. The van der Waals surface area contributed by atoms with Crippen molar-refractivity contribution in [3.05, 3.63) is 48.0 Å². The Morgan fingerprint density at radius 3 is 2.35 bits per heavy atom. The standard InChI is InChI=1S/C16H17F3O4/c1-12(16(17,18)19)23-15(21)10-9-14(20)22-11-5-8-13-6-3-2-4-7-13/h2-4,6-7,9-10,12H,5,8,11H2,1H3/b10-9+. The first-order valence-corrected chi connectivity index (χ1v) is 6.95. The molecule has 0 aliphatic rings. The summed E-state index contributed by atoms with van der Waals surface area (Å²) in [6.07, 6.45) is -4.19. The van der Waals surface area contributed by atoms with Gasteiger partial charge in [0.1, 0.15) is 0 Å². The highest BCUT2D eigenvalue weighted by Gasteiger charge is 2.38. The van der Waals surface area contributed by atoms with E-state index in [2.05, 4.69) is 4.74 Å². The summed E-state index contributed by atoms with van der Waals surface area (Å²) >= 11 is 0. The lowest BCUT2D eigenvalue weighted by atomic mass is 10.1. The number of rotatable bonds is 7. The molecule has 0 fully saturated rings. The highest BCUT2D eigenvalue weighted by Crippen LogP contribution is 2.22. The third-order valence-corrected chi connectivity index (χ3v) is 2.81. The molecule has 0 spiro atoms. The van der Waals surface area contributed by atoms with Crippen LogP contribution >= 0.6 is 0 Å². The smallest absolute Gasteiger partial charge is 0.425 e. The molecule has 1 unspecified atom stereocenters. The van der Waals surface area contributed by atoms with Gasteiger partial charge < -0.3 is 9.47 Å². The molecule has 0 radical (unpaired) electrons. The van der Waals surface area contributed by atoms with Gasteiger partial charge in [-0.3, -0.25) is 0 Å². The zero-order valence-electron chi connectivity index (χ0n) is 12.5. The van der Waals surface area contributed by atoms with Gasteiger partial charge in [0.25, 0.3) is 0 Å². The summed E-state index contributed by atoms with van der Waals surface area (Å²) in [7, 11) is 0. The zero-order chi connectivity index (χ0) is 17.3. The lowest BCUT2D eigenvalue weighted by Crippen LogP contribution is -2.30. The Morgan fingerprint density at radius 1 is 1.13 bits per heavy atom. The van der Waals surface area contributed by atoms with Gasteiger partial charge >= 0.3 is 18.1 Å². The Kier molecular flexibility index (Phi) is 7.31. The first kappa shape index (κ1) is 18.7. The van der Waals surface area contributed by atoms with Crippen molar-refractivity contribution >= 4 is 11.9 Å². The second-order valence-electron chi connectivity index (χ2n) is 4.71. The van der Waals surface area contributed by atoms with Crippen LogP contribution in [0.25, 0.3) is 0 Å². The van der Waals surface area contributed by atoms with Crippen molar-refractivity contribution < 1.29 is 32.2 Å². The monoisotopic (exact) mass is 330 g/mol. The second kappa shape index (κ2) is 8.97. The van der Waals surface area contributed by atoms with Crippen LogP contribution < -0.4 is 0 Å². The zero-order valence-corrected chi connectivity index (χ0v) is 12.5. The average Bonchev–Trinajstić information content (AvgIpc) is 2.49. The number of carbonyl (C=O) groups excluding carboxylic acids is 2. The molecular weight excluding hydrogens is 313 g/mol. The van der Waals surface area contributed by atoms with Crippen LogP contribution in [0.5, 0.6) is 0 Å². The van der Waals surface area contributed by atoms with E-state index in [-0.39, 0.29) is 6.61 Å². The van der Waals surface area contributed by atoms with Crippen LogP contribution in [0.15, 0.2) is 42.5 Å². The minimum Gasteiger partial charge on any atom is -0.463 e. The van der Waals surface area contributed by atoms with Crippen LogP contribution in [0, 0.1) is 0 Å². The Balaban J connectivity index is 2.24. The van der Waals surface area contributed by atoms with Gasteiger partial charge in [0.05, 0.1) is 6.61 Å². The van der Waals surface area contributed by atoms with Gasteiger partial charge in [-0.05, 0) is 25.3 Å². The van der Waals surface area contributed by atoms with Gasteiger partial charge in [-0.2, -0.15) is 13.2 Å². The van der Waals surface area contributed by atoms with E-state index in [1.54, 1.807) is 0 Å². The Bertz CT molecular complexity index is 538. The van der Waals surface area contributed by atoms with Crippen molar-refractivity contribution in [2.75, 3.05) is 6.61 Å². The minimum absolute atomic E-state index is 0.145. The van der Waals surface area contributed by atoms with E-state index < -0.39 is 24.2 Å². The van der Waals surface area contributed by atoms with Gasteiger partial charge in [-0.25, -0.2) is 9.59 Å². The quantitative estimate of drug-likeness (QED) is 0.438. The van der Waals surface area contributed by atoms with Crippen molar-refractivity contribution in [2.45, 2.75) is 32.0 Å². The molecule has 126 valence electrons. The number of hydrogen-bond donors (Lipinski definition) is 0. The second-order valence-corrected chi connectivity index (χ2v) is 4.71. The molecule has 0 heterocycles. The van der Waals surface area contributed by atoms with Crippen LogP contribution in [0.3, 0.4) is 0 Å². The summed E-state index contributed by atoms with van der Waals surface area (Å²) < 4.78 is 45.4. The van der Waals surface area contributed by atoms with Crippen molar-refractivity contribution in [1.82, 2.24) is 0 Å².